The van der Waals surface area contributed by atoms with E-state index in [0.29, 0.717) is 0 Å². The molecule has 1 heterocycles. The molecule has 1 aromatic heterocycles. The number of hydrogen-bond acceptors (Lipinski definition) is 5. The number of pyridine rings is 1. The molecule has 0 saturated heterocycles. The Balaban J connectivity index is 2.89. The summed E-state index contributed by atoms with van der Waals surface area (Å²) in [5.41, 5.74) is -0.603. The number of rotatable bonds is 5. The van der Waals surface area contributed by atoms with Crippen LogP contribution in [0.15, 0.2) is 17.0 Å². The highest BCUT2D eigenvalue weighted by Crippen LogP contribution is 2.35. The first-order valence-electron chi connectivity index (χ1n) is 7.71. The minimum Gasteiger partial charge on any atom is -0.462 e. The summed E-state index contributed by atoms with van der Waals surface area (Å²) in [6, 6.07) is 3.01. The van der Waals surface area contributed by atoms with Crippen molar-refractivity contribution in [2.75, 3.05) is 5.32 Å². The van der Waals surface area contributed by atoms with Gasteiger partial charge in [-0.2, -0.15) is 4.39 Å². The van der Waals surface area contributed by atoms with E-state index in [1.54, 1.807) is 48.5 Å². The van der Waals surface area contributed by atoms with E-state index in [0.717, 1.165) is 11.8 Å². The average Bonchev–Trinajstić information content (AvgIpc) is 2.39. The van der Waals surface area contributed by atoms with E-state index in [-0.39, 0.29) is 22.7 Å². The van der Waals surface area contributed by atoms with Gasteiger partial charge >= 0.3 is 5.97 Å². The first-order chi connectivity index (χ1) is 10.8. The fourth-order valence-corrected chi connectivity index (χ4v) is 2.49. The Hall–Kier alpha value is -1.63. The monoisotopic (exact) mass is 356 g/mol. The van der Waals surface area contributed by atoms with Crippen LogP contribution >= 0.6 is 11.8 Å². The van der Waals surface area contributed by atoms with E-state index in [1.807, 2.05) is 0 Å². The molecule has 0 atom stereocenters. The smallest absolute Gasteiger partial charge is 0.322 e. The van der Waals surface area contributed by atoms with Crippen molar-refractivity contribution in [3.05, 3.63) is 18.1 Å². The Morgan fingerprint density at radius 3 is 2.25 bits per heavy atom. The van der Waals surface area contributed by atoms with E-state index >= 15 is 0 Å². The lowest BCUT2D eigenvalue weighted by Crippen LogP contribution is -2.32. The van der Waals surface area contributed by atoms with Gasteiger partial charge in [-0.1, -0.05) is 20.8 Å². The molecule has 1 N–H and O–H groups in total. The number of halogens is 1. The molecular weight excluding hydrogens is 331 g/mol. The molecule has 134 valence electrons. The SMILES string of the molecule is CC(C)OC(=O)C(C)(C)Sc1ccc(NC(=O)C(C)(C)C)nc1F. The van der Waals surface area contributed by atoms with Gasteiger partial charge in [0.15, 0.2) is 0 Å². The summed E-state index contributed by atoms with van der Waals surface area (Å²) in [5.74, 6) is -1.28. The number of ether oxygens (including phenoxy) is 1. The normalized spacial score (nSPS) is 12.2. The summed E-state index contributed by atoms with van der Waals surface area (Å²) in [4.78, 5) is 28.0. The molecule has 1 aromatic rings. The van der Waals surface area contributed by atoms with Crippen LogP contribution in [0.3, 0.4) is 0 Å². The molecule has 7 heteroatoms. The van der Waals surface area contributed by atoms with Crippen molar-refractivity contribution in [3.8, 4) is 0 Å². The summed E-state index contributed by atoms with van der Waals surface area (Å²) in [7, 11) is 0. The van der Waals surface area contributed by atoms with E-state index in [1.165, 1.54) is 12.1 Å². The van der Waals surface area contributed by atoms with Gasteiger partial charge in [0.25, 0.3) is 0 Å². The molecule has 24 heavy (non-hydrogen) atoms. The maximum absolute atomic E-state index is 14.2. The third kappa shape index (κ3) is 5.78. The van der Waals surface area contributed by atoms with E-state index in [4.69, 9.17) is 4.74 Å². The zero-order valence-electron chi connectivity index (χ0n) is 15.2. The summed E-state index contributed by atoms with van der Waals surface area (Å²) in [6.45, 7) is 12.1. The molecule has 0 aliphatic heterocycles. The summed E-state index contributed by atoms with van der Waals surface area (Å²) in [5, 5.41) is 2.57. The van der Waals surface area contributed by atoms with Gasteiger partial charge in [-0.3, -0.25) is 9.59 Å². The van der Waals surface area contributed by atoms with Crippen LogP contribution in [-0.4, -0.2) is 27.7 Å². The van der Waals surface area contributed by atoms with Crippen molar-refractivity contribution < 1.29 is 18.7 Å². The minimum absolute atomic E-state index is 0.138. The number of nitrogens with zero attached hydrogens (tertiary/aromatic N) is 1. The number of carbonyl (C=O) groups excluding carboxylic acids is 2. The number of thioether (sulfide) groups is 1. The van der Waals surface area contributed by atoms with Crippen LogP contribution in [0, 0.1) is 11.4 Å². The van der Waals surface area contributed by atoms with Gasteiger partial charge < -0.3 is 10.1 Å². The van der Waals surface area contributed by atoms with Crippen LogP contribution in [0.4, 0.5) is 10.2 Å². The van der Waals surface area contributed by atoms with E-state index in [9.17, 15) is 14.0 Å². The fourth-order valence-electron chi connectivity index (χ4n) is 1.54. The number of nitrogens with one attached hydrogen (secondary N) is 1. The predicted octanol–water partition coefficient (Wildman–Crippen LogP) is 4.03. The van der Waals surface area contributed by atoms with E-state index < -0.39 is 22.1 Å². The van der Waals surface area contributed by atoms with Gasteiger partial charge in [0.1, 0.15) is 10.6 Å². The number of aromatic nitrogens is 1. The largest absolute Gasteiger partial charge is 0.462 e. The molecule has 0 aliphatic carbocycles. The Labute approximate surface area is 146 Å². The van der Waals surface area contributed by atoms with Crippen molar-refractivity contribution >= 4 is 29.5 Å². The zero-order chi connectivity index (χ0) is 18.7. The molecule has 0 radical (unpaired) electrons. The van der Waals surface area contributed by atoms with Crippen molar-refractivity contribution in [1.82, 2.24) is 4.98 Å². The molecule has 1 rings (SSSR count). The molecule has 0 spiro atoms. The number of anilines is 1. The number of amides is 1. The molecule has 5 nitrogen and oxygen atoms in total. The van der Waals surface area contributed by atoms with Crippen LogP contribution in [0.25, 0.3) is 0 Å². The lowest BCUT2D eigenvalue weighted by Gasteiger charge is -2.23. The minimum atomic E-state index is -0.955. The molecule has 0 bridgehead atoms. The third-order valence-corrected chi connectivity index (χ3v) is 4.14. The second-order valence-electron chi connectivity index (χ2n) is 7.26. The van der Waals surface area contributed by atoms with Crippen LogP contribution in [0.2, 0.25) is 0 Å². The fraction of sp³-hybridized carbons (Fsp3) is 0.588. The van der Waals surface area contributed by atoms with Crippen molar-refractivity contribution in [2.24, 2.45) is 5.41 Å². The average molecular weight is 356 g/mol. The van der Waals surface area contributed by atoms with Crippen molar-refractivity contribution in [3.63, 3.8) is 0 Å². The van der Waals surface area contributed by atoms with Crippen molar-refractivity contribution in [2.45, 2.75) is 64.2 Å². The maximum Gasteiger partial charge on any atom is 0.322 e. The highest BCUT2D eigenvalue weighted by atomic mass is 32.2. The third-order valence-electron chi connectivity index (χ3n) is 2.94. The lowest BCUT2D eigenvalue weighted by atomic mass is 9.96. The number of hydrogen-bond donors (Lipinski definition) is 1. The van der Waals surface area contributed by atoms with Gasteiger partial charge in [-0.25, -0.2) is 4.98 Å². The molecule has 0 fully saturated rings. The lowest BCUT2D eigenvalue weighted by molar-refractivity contribution is -0.149. The zero-order valence-corrected chi connectivity index (χ0v) is 16.0. The second kappa shape index (κ2) is 7.51. The van der Waals surface area contributed by atoms with Gasteiger partial charge in [0, 0.05) is 5.41 Å². The topological polar surface area (TPSA) is 68.3 Å². The van der Waals surface area contributed by atoms with Gasteiger partial charge in [0.05, 0.1) is 11.0 Å². The number of esters is 1. The summed E-state index contributed by atoms with van der Waals surface area (Å²) in [6.07, 6.45) is -0.240. The van der Waals surface area contributed by atoms with Crippen LogP contribution in [0.5, 0.6) is 0 Å². The highest BCUT2D eigenvalue weighted by Gasteiger charge is 2.33. The predicted molar refractivity (Wildman–Crippen MR) is 93.4 cm³/mol. The van der Waals surface area contributed by atoms with Crippen LogP contribution < -0.4 is 5.32 Å². The van der Waals surface area contributed by atoms with Crippen LogP contribution in [-0.2, 0) is 14.3 Å². The van der Waals surface area contributed by atoms with E-state index in [2.05, 4.69) is 10.3 Å². The maximum atomic E-state index is 14.2. The number of carbonyl (C=O) groups is 2. The standard InChI is InChI=1S/C17H25FN2O3S/c1-10(2)23-15(22)17(6,7)24-11-8-9-12(19-13(11)18)20-14(21)16(3,4)5/h8-10H,1-7H3,(H,19,20,21). The molecular formula is C17H25FN2O3S. The van der Waals surface area contributed by atoms with Gasteiger partial charge in [-0.05, 0) is 39.8 Å². The van der Waals surface area contributed by atoms with Crippen molar-refractivity contribution in [1.29, 1.82) is 0 Å². The molecule has 0 saturated carbocycles. The molecule has 0 aromatic carbocycles. The molecule has 0 aliphatic rings. The second-order valence-corrected chi connectivity index (χ2v) is 8.92. The Kier molecular flexibility index (Phi) is 6.38. The highest BCUT2D eigenvalue weighted by molar-refractivity contribution is 8.01. The summed E-state index contributed by atoms with van der Waals surface area (Å²) >= 11 is 1.03. The molecule has 0 unspecified atom stereocenters. The van der Waals surface area contributed by atoms with Gasteiger partial charge in [-0.15, -0.1) is 11.8 Å². The Bertz CT molecular complexity index is 625. The Morgan fingerprint density at radius 1 is 1.21 bits per heavy atom. The molecule has 1 amide bonds. The summed E-state index contributed by atoms with van der Waals surface area (Å²) < 4.78 is 18.4. The Morgan fingerprint density at radius 2 is 1.79 bits per heavy atom. The first kappa shape index (κ1) is 20.4. The van der Waals surface area contributed by atoms with Gasteiger partial charge in [0.2, 0.25) is 11.9 Å². The first-order valence-corrected chi connectivity index (χ1v) is 8.52. The van der Waals surface area contributed by atoms with Crippen LogP contribution in [0.1, 0.15) is 48.5 Å². The quantitative estimate of drug-likeness (QED) is 0.490.